The van der Waals surface area contributed by atoms with E-state index < -0.39 is 0 Å². The van der Waals surface area contributed by atoms with Crippen LogP contribution in [0.4, 0.5) is 0 Å². The summed E-state index contributed by atoms with van der Waals surface area (Å²) in [6.45, 7) is 0. The SMILES string of the molecule is Clc1ncnnc1-c1ccccc1. The monoisotopic (exact) mass is 191 g/mol. The first-order valence-corrected chi connectivity index (χ1v) is 4.14. The Morgan fingerprint density at radius 3 is 2.54 bits per heavy atom. The molecule has 0 saturated heterocycles. The topological polar surface area (TPSA) is 38.7 Å². The van der Waals surface area contributed by atoms with Crippen LogP contribution in [0.3, 0.4) is 0 Å². The van der Waals surface area contributed by atoms with E-state index in [1.54, 1.807) is 0 Å². The number of hydrogen-bond acceptors (Lipinski definition) is 3. The number of hydrogen-bond donors (Lipinski definition) is 0. The van der Waals surface area contributed by atoms with E-state index >= 15 is 0 Å². The van der Waals surface area contributed by atoms with Crippen LogP contribution in [0.1, 0.15) is 0 Å². The van der Waals surface area contributed by atoms with Gasteiger partial charge in [0.1, 0.15) is 12.0 Å². The molecule has 2 aromatic rings. The van der Waals surface area contributed by atoms with Gasteiger partial charge in [0.25, 0.3) is 0 Å². The lowest BCUT2D eigenvalue weighted by atomic mass is 10.2. The Balaban J connectivity index is 2.54. The molecule has 4 heteroatoms. The zero-order valence-electron chi connectivity index (χ0n) is 6.68. The molecule has 0 saturated carbocycles. The molecule has 0 amide bonds. The molecule has 0 aliphatic rings. The standard InChI is InChI=1S/C9H6ClN3/c10-9-8(13-12-6-11-9)7-4-2-1-3-5-7/h1-6H. The van der Waals surface area contributed by atoms with Crippen molar-refractivity contribution in [2.45, 2.75) is 0 Å². The number of benzene rings is 1. The maximum Gasteiger partial charge on any atom is 0.159 e. The van der Waals surface area contributed by atoms with Gasteiger partial charge in [0.05, 0.1) is 0 Å². The van der Waals surface area contributed by atoms with Crippen molar-refractivity contribution < 1.29 is 0 Å². The number of halogens is 1. The van der Waals surface area contributed by atoms with Crippen molar-refractivity contribution in [1.82, 2.24) is 15.2 Å². The molecule has 2 rings (SSSR count). The first-order chi connectivity index (χ1) is 6.38. The maximum atomic E-state index is 5.85. The van der Waals surface area contributed by atoms with Crippen LogP contribution in [0.2, 0.25) is 5.15 Å². The summed E-state index contributed by atoms with van der Waals surface area (Å²) in [5.41, 5.74) is 1.54. The second-order valence-corrected chi connectivity index (χ2v) is 2.82. The van der Waals surface area contributed by atoms with E-state index in [1.807, 2.05) is 30.3 Å². The van der Waals surface area contributed by atoms with E-state index in [0.29, 0.717) is 10.8 Å². The summed E-state index contributed by atoms with van der Waals surface area (Å²) in [6, 6.07) is 9.59. The molecule has 0 radical (unpaired) electrons. The van der Waals surface area contributed by atoms with E-state index in [0.717, 1.165) is 5.56 Å². The van der Waals surface area contributed by atoms with E-state index in [4.69, 9.17) is 11.6 Å². The average Bonchev–Trinajstić information content (AvgIpc) is 2.20. The van der Waals surface area contributed by atoms with Crippen molar-refractivity contribution >= 4 is 11.6 Å². The molecular weight excluding hydrogens is 186 g/mol. The third-order valence-electron chi connectivity index (χ3n) is 1.62. The lowest BCUT2D eigenvalue weighted by molar-refractivity contribution is 0.977. The maximum absolute atomic E-state index is 5.85. The molecule has 0 spiro atoms. The van der Waals surface area contributed by atoms with Gasteiger partial charge in [-0.25, -0.2) is 4.98 Å². The van der Waals surface area contributed by atoms with Gasteiger partial charge < -0.3 is 0 Å². The highest BCUT2D eigenvalue weighted by Gasteiger charge is 2.04. The van der Waals surface area contributed by atoms with E-state index in [9.17, 15) is 0 Å². The molecule has 1 aromatic heterocycles. The summed E-state index contributed by atoms with van der Waals surface area (Å²) in [7, 11) is 0. The fourth-order valence-corrected chi connectivity index (χ4v) is 1.23. The molecule has 0 N–H and O–H groups in total. The van der Waals surface area contributed by atoms with Gasteiger partial charge in [-0.15, -0.1) is 10.2 Å². The van der Waals surface area contributed by atoms with Gasteiger partial charge >= 0.3 is 0 Å². The van der Waals surface area contributed by atoms with Gasteiger partial charge in [-0.1, -0.05) is 41.9 Å². The van der Waals surface area contributed by atoms with Crippen LogP contribution in [0.5, 0.6) is 0 Å². The first kappa shape index (κ1) is 8.13. The Kier molecular flexibility index (Phi) is 2.19. The average molecular weight is 192 g/mol. The van der Waals surface area contributed by atoms with Gasteiger partial charge in [0.2, 0.25) is 0 Å². The summed E-state index contributed by atoms with van der Waals surface area (Å²) in [4.78, 5) is 3.85. The summed E-state index contributed by atoms with van der Waals surface area (Å²) in [5, 5.41) is 7.96. The molecule has 0 unspecified atom stereocenters. The van der Waals surface area contributed by atoms with Crippen molar-refractivity contribution in [1.29, 1.82) is 0 Å². The molecular formula is C9H6ClN3. The molecule has 64 valence electrons. The quantitative estimate of drug-likeness (QED) is 0.694. The van der Waals surface area contributed by atoms with E-state index in [2.05, 4.69) is 15.2 Å². The van der Waals surface area contributed by atoms with Gasteiger partial charge in [0, 0.05) is 5.56 Å². The summed E-state index contributed by atoms with van der Waals surface area (Å²) in [5.74, 6) is 0. The van der Waals surface area contributed by atoms with Crippen molar-refractivity contribution in [2.24, 2.45) is 0 Å². The third kappa shape index (κ3) is 1.65. The highest BCUT2D eigenvalue weighted by molar-refractivity contribution is 6.31. The van der Waals surface area contributed by atoms with E-state index in [-0.39, 0.29) is 0 Å². The molecule has 13 heavy (non-hydrogen) atoms. The van der Waals surface area contributed by atoms with Crippen LogP contribution in [0.15, 0.2) is 36.7 Å². The highest BCUT2D eigenvalue weighted by Crippen LogP contribution is 2.21. The highest BCUT2D eigenvalue weighted by atomic mass is 35.5. The zero-order valence-corrected chi connectivity index (χ0v) is 7.44. The molecule has 0 fully saturated rings. The second kappa shape index (κ2) is 3.49. The van der Waals surface area contributed by atoms with Crippen LogP contribution < -0.4 is 0 Å². The normalized spacial score (nSPS) is 9.92. The predicted molar refractivity (Wildman–Crippen MR) is 50.3 cm³/mol. The van der Waals surface area contributed by atoms with Crippen LogP contribution in [-0.4, -0.2) is 15.2 Å². The summed E-state index contributed by atoms with van der Waals surface area (Å²) >= 11 is 5.85. The van der Waals surface area contributed by atoms with Crippen LogP contribution >= 0.6 is 11.6 Å². The molecule has 0 atom stereocenters. The molecule has 3 nitrogen and oxygen atoms in total. The Bertz CT molecular complexity index is 403. The Labute approximate surface area is 80.4 Å². The van der Waals surface area contributed by atoms with Gasteiger partial charge in [-0.3, -0.25) is 0 Å². The van der Waals surface area contributed by atoms with Crippen molar-refractivity contribution in [3.8, 4) is 11.3 Å². The minimum Gasteiger partial charge on any atom is -0.220 e. The lowest BCUT2D eigenvalue weighted by Gasteiger charge is -1.99. The smallest absolute Gasteiger partial charge is 0.159 e. The molecule has 1 aromatic carbocycles. The van der Waals surface area contributed by atoms with Crippen molar-refractivity contribution in [2.75, 3.05) is 0 Å². The number of aromatic nitrogens is 3. The Morgan fingerprint density at radius 2 is 1.85 bits per heavy atom. The van der Waals surface area contributed by atoms with Crippen molar-refractivity contribution in [3.63, 3.8) is 0 Å². The minimum atomic E-state index is 0.376. The second-order valence-electron chi connectivity index (χ2n) is 2.47. The number of rotatable bonds is 1. The van der Waals surface area contributed by atoms with Crippen molar-refractivity contribution in [3.05, 3.63) is 41.8 Å². The lowest BCUT2D eigenvalue weighted by Crippen LogP contribution is -1.90. The fourth-order valence-electron chi connectivity index (χ4n) is 1.04. The number of nitrogens with zero attached hydrogens (tertiary/aromatic N) is 3. The fraction of sp³-hybridized carbons (Fsp3) is 0. The largest absolute Gasteiger partial charge is 0.220 e. The van der Waals surface area contributed by atoms with Gasteiger partial charge in [0.15, 0.2) is 5.15 Å². The molecule has 1 heterocycles. The molecule has 0 bridgehead atoms. The van der Waals surface area contributed by atoms with Crippen LogP contribution in [0, 0.1) is 0 Å². The first-order valence-electron chi connectivity index (χ1n) is 3.76. The van der Waals surface area contributed by atoms with Crippen LogP contribution in [-0.2, 0) is 0 Å². The third-order valence-corrected chi connectivity index (χ3v) is 1.90. The summed E-state index contributed by atoms with van der Waals surface area (Å²) in [6.07, 6.45) is 1.33. The molecule has 0 aliphatic carbocycles. The van der Waals surface area contributed by atoms with Gasteiger partial charge in [-0.05, 0) is 0 Å². The Morgan fingerprint density at radius 1 is 1.08 bits per heavy atom. The zero-order chi connectivity index (χ0) is 9.10. The molecule has 0 aliphatic heterocycles. The Hall–Kier alpha value is -1.48. The predicted octanol–water partition coefficient (Wildman–Crippen LogP) is 2.19. The minimum absolute atomic E-state index is 0.376. The van der Waals surface area contributed by atoms with Crippen LogP contribution in [0.25, 0.3) is 11.3 Å². The summed E-state index contributed by atoms with van der Waals surface area (Å²) < 4.78 is 0. The van der Waals surface area contributed by atoms with Gasteiger partial charge in [-0.2, -0.15) is 0 Å². The van der Waals surface area contributed by atoms with E-state index in [1.165, 1.54) is 6.33 Å².